The van der Waals surface area contributed by atoms with Gasteiger partial charge in [0.1, 0.15) is 14.6 Å². The third-order valence-corrected chi connectivity index (χ3v) is 3.66. The van der Waals surface area contributed by atoms with Gasteiger partial charge in [-0.2, -0.15) is 4.98 Å². The van der Waals surface area contributed by atoms with Crippen molar-refractivity contribution in [2.75, 3.05) is 4.98 Å². The normalized spacial score (nSPS) is 12.1. The van der Waals surface area contributed by atoms with Crippen LogP contribution in [0.3, 0.4) is 0 Å². The molecule has 0 spiro atoms. The van der Waals surface area contributed by atoms with Crippen molar-refractivity contribution in [3.05, 3.63) is 16.4 Å². The second-order valence-corrected chi connectivity index (χ2v) is 15.4. The van der Waals surface area contributed by atoms with Crippen LogP contribution in [0.2, 0.25) is 39.3 Å². The summed E-state index contributed by atoms with van der Waals surface area (Å²) in [6, 6.07) is 0. The molecule has 9 heteroatoms. The SMILES string of the molecule is C[Si](C)(C)Nc1ncnc(O[Si](C)(C)C)c1[N+](=O)[O-]. The summed E-state index contributed by atoms with van der Waals surface area (Å²) in [5.74, 6) is 0.298. The fourth-order valence-electron chi connectivity index (χ4n) is 1.34. The lowest BCUT2D eigenvalue weighted by Crippen LogP contribution is -2.34. The van der Waals surface area contributed by atoms with Crippen molar-refractivity contribution in [2.45, 2.75) is 39.3 Å². The molecule has 1 N–H and O–H groups in total. The zero-order chi connectivity index (χ0) is 14.8. The van der Waals surface area contributed by atoms with Gasteiger partial charge in [-0.3, -0.25) is 10.1 Å². The van der Waals surface area contributed by atoms with Crippen LogP contribution >= 0.6 is 0 Å². The van der Waals surface area contributed by atoms with E-state index >= 15 is 0 Å². The lowest BCUT2D eigenvalue weighted by Gasteiger charge is -2.21. The summed E-state index contributed by atoms with van der Waals surface area (Å²) in [4.78, 5) is 21.8. The lowest BCUT2D eigenvalue weighted by molar-refractivity contribution is -0.385. The van der Waals surface area contributed by atoms with Crippen LogP contribution in [0.4, 0.5) is 11.5 Å². The molecule has 0 atom stereocenters. The van der Waals surface area contributed by atoms with Gasteiger partial charge in [0.2, 0.25) is 14.1 Å². The fraction of sp³-hybridized carbons (Fsp3) is 0.600. The molecule has 0 fully saturated rings. The number of rotatable bonds is 5. The van der Waals surface area contributed by atoms with Crippen molar-refractivity contribution in [3.8, 4) is 5.88 Å². The standard InChI is InChI=1S/C10H20N4O3Si2/c1-18(2,3)13-9-8(14(15)16)10(12-7-11-9)17-19(4,5)6/h7H,1-6H3,(H,11,12,13). The van der Waals surface area contributed by atoms with Crippen LogP contribution in [0, 0.1) is 10.1 Å². The van der Waals surface area contributed by atoms with E-state index in [0.717, 1.165) is 0 Å². The number of anilines is 1. The average molecular weight is 300 g/mol. The highest BCUT2D eigenvalue weighted by molar-refractivity contribution is 6.79. The first-order valence-corrected chi connectivity index (χ1v) is 12.9. The van der Waals surface area contributed by atoms with Gasteiger partial charge in [-0.15, -0.1) is 0 Å². The van der Waals surface area contributed by atoms with E-state index in [1.807, 2.05) is 39.3 Å². The Bertz CT molecular complexity index is 448. The molecular weight excluding hydrogens is 280 g/mol. The van der Waals surface area contributed by atoms with Crippen LogP contribution in [0.1, 0.15) is 0 Å². The molecule has 0 radical (unpaired) electrons. The quantitative estimate of drug-likeness (QED) is 0.511. The Kier molecular flexibility index (Phi) is 4.30. The van der Waals surface area contributed by atoms with Gasteiger partial charge in [0.25, 0.3) is 5.88 Å². The van der Waals surface area contributed by atoms with E-state index in [1.54, 1.807) is 0 Å². The van der Waals surface area contributed by atoms with Gasteiger partial charge in [-0.05, 0) is 19.6 Å². The maximum Gasteiger partial charge on any atom is 0.370 e. The second-order valence-electron chi connectivity index (χ2n) is 6.22. The molecule has 0 aliphatic rings. The van der Waals surface area contributed by atoms with E-state index in [4.69, 9.17) is 4.43 Å². The van der Waals surface area contributed by atoms with Crippen LogP contribution in [0.15, 0.2) is 6.33 Å². The van der Waals surface area contributed by atoms with Gasteiger partial charge in [0.05, 0.1) is 4.92 Å². The molecule has 1 heterocycles. The first kappa shape index (κ1) is 15.6. The first-order chi connectivity index (χ1) is 8.49. The molecule has 0 bridgehead atoms. The van der Waals surface area contributed by atoms with Crippen molar-refractivity contribution in [1.82, 2.24) is 9.97 Å². The molecule has 0 aliphatic carbocycles. The summed E-state index contributed by atoms with van der Waals surface area (Å²) < 4.78 is 5.67. The third-order valence-electron chi connectivity index (χ3n) is 1.87. The Morgan fingerprint density at radius 3 is 2.21 bits per heavy atom. The fourth-order valence-corrected chi connectivity index (χ4v) is 2.96. The summed E-state index contributed by atoms with van der Waals surface area (Å²) in [7, 11) is -3.71. The summed E-state index contributed by atoms with van der Waals surface area (Å²) in [5.41, 5.74) is -0.174. The zero-order valence-electron chi connectivity index (χ0n) is 12.1. The molecule has 1 rings (SSSR count). The molecule has 1 aromatic rings. The number of nitro groups is 1. The van der Waals surface area contributed by atoms with Crippen molar-refractivity contribution in [3.63, 3.8) is 0 Å². The average Bonchev–Trinajstić information content (AvgIpc) is 2.11. The smallest absolute Gasteiger partial charge is 0.370 e. The molecule has 106 valence electrons. The summed E-state index contributed by atoms with van der Waals surface area (Å²) >= 11 is 0. The maximum atomic E-state index is 11.3. The molecular formula is C10H20N4O3Si2. The highest BCUT2D eigenvalue weighted by Gasteiger charge is 2.30. The van der Waals surface area contributed by atoms with E-state index in [2.05, 4.69) is 15.0 Å². The van der Waals surface area contributed by atoms with Crippen molar-refractivity contribution in [2.24, 2.45) is 0 Å². The van der Waals surface area contributed by atoms with E-state index in [-0.39, 0.29) is 17.4 Å². The number of hydrogen-bond acceptors (Lipinski definition) is 6. The van der Waals surface area contributed by atoms with Gasteiger partial charge in [0, 0.05) is 0 Å². The van der Waals surface area contributed by atoms with Crippen LogP contribution < -0.4 is 9.41 Å². The van der Waals surface area contributed by atoms with Crippen LogP contribution in [-0.2, 0) is 0 Å². The third kappa shape index (κ3) is 4.95. The van der Waals surface area contributed by atoms with Crippen LogP contribution in [0.5, 0.6) is 5.88 Å². The van der Waals surface area contributed by atoms with Crippen LogP contribution in [-0.4, -0.2) is 31.4 Å². The number of aromatic nitrogens is 2. The topological polar surface area (TPSA) is 90.2 Å². The minimum absolute atomic E-state index is 0.0555. The maximum absolute atomic E-state index is 11.3. The predicted molar refractivity (Wildman–Crippen MR) is 79.6 cm³/mol. The van der Waals surface area contributed by atoms with Gasteiger partial charge < -0.3 is 9.41 Å². The number of hydrogen-bond donors (Lipinski definition) is 1. The molecule has 1 aromatic heterocycles. The van der Waals surface area contributed by atoms with Crippen molar-refractivity contribution in [1.29, 1.82) is 0 Å². The van der Waals surface area contributed by atoms with E-state index in [0.29, 0.717) is 0 Å². The van der Waals surface area contributed by atoms with Gasteiger partial charge in [0.15, 0.2) is 0 Å². The van der Waals surface area contributed by atoms with Crippen molar-refractivity contribution >= 4 is 28.1 Å². The first-order valence-electron chi connectivity index (χ1n) is 5.96. The molecule has 0 saturated carbocycles. The second kappa shape index (κ2) is 5.25. The Morgan fingerprint density at radius 1 is 1.21 bits per heavy atom. The Balaban J connectivity index is 3.26. The molecule has 0 amide bonds. The highest BCUT2D eigenvalue weighted by atomic mass is 28.4. The molecule has 0 saturated heterocycles. The summed E-state index contributed by atoms with van der Waals surface area (Å²) in [6.45, 7) is 12.0. The minimum atomic E-state index is -1.97. The van der Waals surface area contributed by atoms with Gasteiger partial charge in [-0.25, -0.2) is 4.98 Å². The zero-order valence-corrected chi connectivity index (χ0v) is 14.1. The highest BCUT2D eigenvalue weighted by Crippen LogP contribution is 2.33. The van der Waals surface area contributed by atoms with E-state index in [1.165, 1.54) is 6.33 Å². The monoisotopic (exact) mass is 300 g/mol. The predicted octanol–water partition coefficient (Wildman–Crippen LogP) is 2.85. The molecule has 19 heavy (non-hydrogen) atoms. The minimum Gasteiger partial charge on any atom is -0.527 e. The largest absolute Gasteiger partial charge is 0.527 e. The van der Waals surface area contributed by atoms with E-state index in [9.17, 15) is 10.1 Å². The van der Waals surface area contributed by atoms with Gasteiger partial charge in [-0.1, -0.05) is 19.6 Å². The lowest BCUT2D eigenvalue weighted by atomic mass is 10.5. The molecule has 7 nitrogen and oxygen atoms in total. The molecule has 0 aliphatic heterocycles. The Labute approximate surface area is 114 Å². The van der Waals surface area contributed by atoms with Gasteiger partial charge >= 0.3 is 5.69 Å². The number of nitrogens with one attached hydrogen (secondary N) is 1. The van der Waals surface area contributed by atoms with E-state index < -0.39 is 21.5 Å². The van der Waals surface area contributed by atoms with Crippen molar-refractivity contribution < 1.29 is 9.35 Å². The summed E-state index contributed by atoms with van der Waals surface area (Å²) in [5, 5.41) is 11.3. The number of nitrogens with zero attached hydrogens (tertiary/aromatic N) is 3. The summed E-state index contributed by atoms with van der Waals surface area (Å²) in [6.07, 6.45) is 1.30. The van der Waals surface area contributed by atoms with Crippen LogP contribution in [0.25, 0.3) is 0 Å². The Morgan fingerprint density at radius 2 is 1.79 bits per heavy atom. The molecule has 0 unspecified atom stereocenters. The molecule has 0 aromatic carbocycles. The Hall–Kier alpha value is -1.49.